The van der Waals surface area contributed by atoms with E-state index in [9.17, 15) is 19.5 Å². The fourth-order valence-corrected chi connectivity index (χ4v) is 12.8. The van der Waals surface area contributed by atoms with Gasteiger partial charge in [-0.2, -0.15) is 0 Å². The minimum absolute atomic E-state index is 0.00845. The van der Waals surface area contributed by atoms with Gasteiger partial charge in [-0.05, 0) is 78.5 Å². The van der Waals surface area contributed by atoms with Crippen LogP contribution in [0.3, 0.4) is 0 Å². The Hall–Kier alpha value is -5.50. The average Bonchev–Trinajstić information content (AvgIpc) is 3.65. The van der Waals surface area contributed by atoms with Gasteiger partial charge in [-0.1, -0.05) is 67.7 Å². The van der Waals surface area contributed by atoms with Crippen molar-refractivity contribution in [3.8, 4) is 5.75 Å². The number of nitrogens with zero attached hydrogens (tertiary/aromatic N) is 2. The molecule has 2 heterocycles. The number of hydrogen-bond acceptors (Lipinski definition) is 9. The molecule has 3 amide bonds. The summed E-state index contributed by atoms with van der Waals surface area (Å²) in [5.74, 6) is -0.775. The minimum Gasteiger partial charge on any atom is -0.497 e. The highest BCUT2D eigenvalue weighted by Crippen LogP contribution is 2.60. The van der Waals surface area contributed by atoms with Gasteiger partial charge in [0.2, 0.25) is 5.91 Å². The van der Waals surface area contributed by atoms with Crippen molar-refractivity contribution in [1.82, 2.24) is 4.90 Å². The molecule has 4 aromatic carbocycles. The van der Waals surface area contributed by atoms with Gasteiger partial charge in [0.1, 0.15) is 5.75 Å². The average molecular weight is 807 g/mol. The second-order valence-corrected chi connectivity index (χ2v) is 20.4. The van der Waals surface area contributed by atoms with Crippen LogP contribution in [0.4, 0.5) is 17.1 Å². The first-order chi connectivity index (χ1) is 27.8. The van der Waals surface area contributed by atoms with Gasteiger partial charge in [0.15, 0.2) is 5.60 Å². The Kier molecular flexibility index (Phi) is 13.0. The molecule has 1 spiro atoms. The monoisotopic (exact) mass is 806 g/mol. The molecule has 0 saturated carbocycles. The van der Waals surface area contributed by atoms with Gasteiger partial charge in [0, 0.05) is 54.5 Å². The van der Waals surface area contributed by atoms with Crippen molar-refractivity contribution < 1.29 is 38.5 Å². The number of nitrogen functional groups attached to an aromatic ring is 1. The van der Waals surface area contributed by atoms with E-state index in [1.165, 1.54) is 7.11 Å². The predicted octanol–water partition coefficient (Wildman–Crippen LogP) is 5.85. The Labute approximate surface area is 341 Å². The number of carbonyl (C=O) groups is 4. The van der Waals surface area contributed by atoms with Gasteiger partial charge < -0.3 is 40.2 Å². The fourth-order valence-electron chi connectivity index (χ4n) is 8.81. The molecule has 306 valence electrons. The topological polar surface area (TPSA) is 161 Å². The van der Waals surface area contributed by atoms with Gasteiger partial charge >= 0.3 is 5.97 Å². The lowest BCUT2D eigenvalue weighted by Gasteiger charge is -2.37. The molecule has 0 radical (unpaired) electrons. The zero-order valence-corrected chi connectivity index (χ0v) is 34.9. The molecule has 6 rings (SSSR count). The molecule has 0 unspecified atom stereocenters. The summed E-state index contributed by atoms with van der Waals surface area (Å²) >= 11 is 0. The number of fused-ring (bicyclic) bond motifs is 2. The van der Waals surface area contributed by atoms with Gasteiger partial charge in [0.05, 0.1) is 47.1 Å². The van der Waals surface area contributed by atoms with Crippen molar-refractivity contribution in [1.29, 1.82) is 0 Å². The normalized spacial score (nSPS) is 19.9. The van der Waals surface area contributed by atoms with Crippen molar-refractivity contribution in [2.75, 3.05) is 49.9 Å². The summed E-state index contributed by atoms with van der Waals surface area (Å²) in [5, 5.41) is 14.2. The first-order valence-electron chi connectivity index (χ1n) is 19.8. The number of esters is 1. The third-order valence-electron chi connectivity index (χ3n) is 11.8. The zero-order chi connectivity index (χ0) is 41.6. The molecule has 12 nitrogen and oxygen atoms in total. The molecule has 1 fully saturated rings. The quantitative estimate of drug-likeness (QED) is 0.0547. The van der Waals surface area contributed by atoms with E-state index in [0.717, 1.165) is 16.5 Å². The first kappa shape index (κ1) is 42.1. The SMILES string of the molecule is COC(=O)CCCCN1C(=O)[C@@]2(O[C@@H](CC(=O)N(CCO)Cc3ccccc3)[C@H]([Si](C)(C)c3ccc(OC)cc3)[C@H]2C)c2cc(NC(=O)c3ccc(N)cc3)ccc21. The van der Waals surface area contributed by atoms with Crippen molar-refractivity contribution in [3.63, 3.8) is 0 Å². The van der Waals surface area contributed by atoms with E-state index in [2.05, 4.69) is 30.5 Å². The van der Waals surface area contributed by atoms with Gasteiger partial charge in [-0.25, -0.2) is 0 Å². The van der Waals surface area contributed by atoms with Crippen LogP contribution in [0.5, 0.6) is 5.75 Å². The molecule has 13 heteroatoms. The number of benzene rings is 4. The van der Waals surface area contributed by atoms with E-state index in [1.807, 2.05) is 61.5 Å². The number of unbranched alkanes of at least 4 members (excludes halogenated alkanes) is 1. The number of hydrogen-bond donors (Lipinski definition) is 3. The third kappa shape index (κ3) is 8.52. The van der Waals surface area contributed by atoms with E-state index < -0.39 is 25.7 Å². The number of nitrogens with one attached hydrogen (secondary N) is 1. The smallest absolute Gasteiger partial charge is 0.305 e. The highest BCUT2D eigenvalue weighted by Gasteiger charge is 2.66. The fraction of sp³-hybridized carbons (Fsp3) is 0.378. The van der Waals surface area contributed by atoms with Gasteiger partial charge in [-0.15, -0.1) is 0 Å². The second-order valence-electron chi connectivity index (χ2n) is 15.7. The van der Waals surface area contributed by atoms with Gasteiger partial charge in [-0.3, -0.25) is 19.2 Å². The van der Waals surface area contributed by atoms with Gasteiger partial charge in [0.25, 0.3) is 11.8 Å². The van der Waals surface area contributed by atoms with Crippen LogP contribution >= 0.6 is 0 Å². The van der Waals surface area contributed by atoms with E-state index >= 15 is 4.79 Å². The molecular weight excluding hydrogens is 753 g/mol. The summed E-state index contributed by atoms with van der Waals surface area (Å²) in [6, 6.07) is 29.7. The maximum absolute atomic E-state index is 15.3. The molecule has 0 aliphatic carbocycles. The number of methoxy groups -OCH3 is 2. The number of nitrogens with two attached hydrogens (primary N) is 1. The highest BCUT2D eigenvalue weighted by atomic mass is 28.3. The standard InChI is InChI=1S/C45H54N4O8Si/c1-30-42(58(4,5)36-21-19-35(55-2)20-22-36)39(28-40(51)48(25-26-50)29-31-11-7-6-8-12-31)57-45(30)37-27-34(47-43(53)32-14-16-33(46)17-15-32)18-23-38(37)49(44(45)54)24-10-9-13-41(52)56-3/h6-8,11-12,14-23,27,30,39,42,50H,9-10,13,24-26,28-29,46H2,1-5H3,(H,47,53)/t30-,39+,42-,45+/m1/s1. The Morgan fingerprint density at radius 3 is 2.33 bits per heavy atom. The number of anilines is 3. The maximum Gasteiger partial charge on any atom is 0.305 e. The number of aliphatic hydroxyl groups is 1. The number of aliphatic hydroxyl groups excluding tert-OH is 1. The molecule has 1 saturated heterocycles. The van der Waals surface area contributed by atoms with Crippen LogP contribution in [-0.2, 0) is 36.0 Å². The van der Waals surface area contributed by atoms with E-state index in [-0.39, 0.29) is 55.2 Å². The van der Waals surface area contributed by atoms with E-state index in [1.54, 1.807) is 47.2 Å². The lowest BCUT2D eigenvalue weighted by molar-refractivity contribution is -0.149. The minimum atomic E-state index is -2.61. The van der Waals surface area contributed by atoms with E-state index in [4.69, 9.17) is 19.9 Å². The largest absolute Gasteiger partial charge is 0.497 e. The van der Waals surface area contributed by atoms with Crippen LogP contribution in [0.25, 0.3) is 0 Å². The summed E-state index contributed by atoms with van der Waals surface area (Å²) in [6.07, 6.45) is 0.594. The molecule has 2 aliphatic rings. The summed E-state index contributed by atoms with van der Waals surface area (Å²) in [4.78, 5) is 58.4. The molecule has 0 aromatic heterocycles. The lowest BCUT2D eigenvalue weighted by Crippen LogP contribution is -2.52. The Morgan fingerprint density at radius 2 is 1.67 bits per heavy atom. The molecule has 58 heavy (non-hydrogen) atoms. The van der Waals surface area contributed by atoms with Crippen molar-refractivity contribution >= 4 is 54.0 Å². The first-order valence-corrected chi connectivity index (χ1v) is 22.9. The molecule has 4 aromatic rings. The molecular formula is C45H54N4O8Si. The van der Waals surface area contributed by atoms with Crippen molar-refractivity contribution in [2.24, 2.45) is 5.92 Å². The summed E-state index contributed by atoms with van der Waals surface area (Å²) in [5.41, 5.74) is 7.79. The molecule has 2 aliphatic heterocycles. The third-order valence-corrected chi connectivity index (χ3v) is 16.2. The summed E-state index contributed by atoms with van der Waals surface area (Å²) in [6.45, 7) is 7.12. The summed E-state index contributed by atoms with van der Waals surface area (Å²) in [7, 11) is 0.372. The zero-order valence-electron chi connectivity index (χ0n) is 33.9. The van der Waals surface area contributed by atoms with Crippen LogP contribution in [0.2, 0.25) is 18.6 Å². The van der Waals surface area contributed by atoms with Crippen LogP contribution in [-0.4, -0.2) is 81.8 Å². The predicted molar refractivity (Wildman–Crippen MR) is 227 cm³/mol. The highest BCUT2D eigenvalue weighted by molar-refractivity contribution is 6.91. The maximum atomic E-state index is 15.3. The second kappa shape index (κ2) is 18.0. The number of carbonyl (C=O) groups excluding carboxylic acids is 4. The van der Waals surface area contributed by atoms with Crippen molar-refractivity contribution in [3.05, 3.63) is 114 Å². The molecule has 0 bridgehead atoms. The van der Waals surface area contributed by atoms with Crippen LogP contribution in [0.15, 0.2) is 97.1 Å². The Bertz CT molecular complexity index is 2100. The van der Waals surface area contributed by atoms with Crippen molar-refractivity contribution in [2.45, 2.75) is 69.5 Å². The molecule has 4 atom stereocenters. The van der Waals surface area contributed by atoms with Crippen LogP contribution in [0.1, 0.15) is 54.1 Å². The number of amides is 3. The molecule has 4 N–H and O–H groups in total. The van der Waals surface area contributed by atoms with Crippen LogP contribution < -0.4 is 25.9 Å². The lowest BCUT2D eigenvalue weighted by atomic mass is 9.82. The van der Waals surface area contributed by atoms with Crippen LogP contribution in [0, 0.1) is 5.92 Å². The Balaban J connectivity index is 1.42. The summed E-state index contributed by atoms with van der Waals surface area (Å²) < 4.78 is 17.6. The number of rotatable bonds is 16. The number of ether oxygens (including phenoxy) is 3. The Morgan fingerprint density at radius 1 is 0.966 bits per heavy atom. The van der Waals surface area contributed by atoms with E-state index in [0.29, 0.717) is 54.1 Å².